The second kappa shape index (κ2) is 5.43. The van der Waals surface area contributed by atoms with E-state index in [0.717, 1.165) is 17.7 Å². The Bertz CT molecular complexity index is 613. The number of benzene rings is 1. The van der Waals surface area contributed by atoms with Crippen molar-refractivity contribution in [1.82, 2.24) is 4.98 Å². The van der Waals surface area contributed by atoms with E-state index in [1.807, 2.05) is 24.3 Å². The third kappa shape index (κ3) is 2.30. The first kappa shape index (κ1) is 12.8. The number of amides is 1. The minimum atomic E-state index is -0.502. The molecule has 1 unspecified atom stereocenters. The number of carbonyl (C=O) groups excluding carboxylic acids is 1. The van der Waals surface area contributed by atoms with Crippen molar-refractivity contribution in [2.45, 2.75) is 18.9 Å². The van der Waals surface area contributed by atoms with E-state index in [4.69, 9.17) is 0 Å². The number of nitrogens with zero attached hydrogens (tertiary/aromatic N) is 2. The molecule has 0 saturated heterocycles. The fraction of sp³-hybridized carbons (Fsp3) is 0.250. The Kier molecular flexibility index (Phi) is 3.48. The number of aliphatic hydroxyl groups is 1. The lowest BCUT2D eigenvalue weighted by Crippen LogP contribution is -2.31. The van der Waals surface area contributed by atoms with Crippen LogP contribution >= 0.6 is 0 Å². The number of aliphatic hydroxyl groups excluding tert-OH is 1. The van der Waals surface area contributed by atoms with E-state index in [2.05, 4.69) is 4.98 Å². The van der Waals surface area contributed by atoms with Crippen LogP contribution in [0.1, 0.15) is 34.9 Å². The molecule has 0 radical (unpaired) electrons. The fourth-order valence-corrected chi connectivity index (χ4v) is 2.59. The average Bonchev–Trinajstić information content (AvgIpc) is 2.67. The van der Waals surface area contributed by atoms with Gasteiger partial charge in [0.05, 0.1) is 11.7 Å². The van der Waals surface area contributed by atoms with Crippen LogP contribution in [0.3, 0.4) is 0 Å². The Morgan fingerprint density at radius 1 is 1.25 bits per heavy atom. The molecular weight excluding hydrogens is 252 g/mol. The molecule has 2 aromatic rings. The van der Waals surface area contributed by atoms with Crippen LogP contribution in [-0.2, 0) is 0 Å². The number of para-hydroxylation sites is 1. The number of hydrogen-bond donors (Lipinski definition) is 1. The van der Waals surface area contributed by atoms with Gasteiger partial charge >= 0.3 is 0 Å². The molecule has 1 aromatic heterocycles. The molecule has 0 bridgehead atoms. The molecule has 0 spiro atoms. The molecule has 2 heterocycles. The van der Waals surface area contributed by atoms with E-state index in [9.17, 15) is 9.90 Å². The topological polar surface area (TPSA) is 53.4 Å². The monoisotopic (exact) mass is 268 g/mol. The van der Waals surface area contributed by atoms with Gasteiger partial charge in [0.25, 0.3) is 5.91 Å². The van der Waals surface area contributed by atoms with E-state index in [1.54, 1.807) is 29.4 Å². The molecule has 1 atom stereocenters. The molecular formula is C16H16N2O2. The van der Waals surface area contributed by atoms with Gasteiger partial charge < -0.3 is 10.0 Å². The summed E-state index contributed by atoms with van der Waals surface area (Å²) in [5.74, 6) is -0.0698. The third-order valence-corrected chi connectivity index (χ3v) is 3.60. The second-order valence-corrected chi connectivity index (χ2v) is 4.92. The van der Waals surface area contributed by atoms with Crippen molar-refractivity contribution < 1.29 is 9.90 Å². The maximum Gasteiger partial charge on any atom is 0.259 e. The van der Waals surface area contributed by atoms with E-state index < -0.39 is 6.10 Å². The summed E-state index contributed by atoms with van der Waals surface area (Å²) in [6, 6.07) is 11.1. The van der Waals surface area contributed by atoms with Gasteiger partial charge in [0, 0.05) is 30.2 Å². The van der Waals surface area contributed by atoms with Gasteiger partial charge in [-0.2, -0.15) is 0 Å². The molecule has 0 aliphatic carbocycles. The molecule has 1 aliphatic heterocycles. The molecule has 4 nitrogen and oxygen atoms in total. The summed E-state index contributed by atoms with van der Waals surface area (Å²) < 4.78 is 0. The van der Waals surface area contributed by atoms with Crippen LogP contribution in [0.5, 0.6) is 0 Å². The van der Waals surface area contributed by atoms with Gasteiger partial charge in [0.15, 0.2) is 0 Å². The largest absolute Gasteiger partial charge is 0.388 e. The van der Waals surface area contributed by atoms with Crippen LogP contribution in [0.4, 0.5) is 5.69 Å². The third-order valence-electron chi connectivity index (χ3n) is 3.60. The highest BCUT2D eigenvalue weighted by Gasteiger charge is 2.25. The zero-order valence-electron chi connectivity index (χ0n) is 11.1. The van der Waals surface area contributed by atoms with Crippen molar-refractivity contribution in [3.63, 3.8) is 0 Å². The van der Waals surface area contributed by atoms with Gasteiger partial charge in [0.2, 0.25) is 0 Å². The van der Waals surface area contributed by atoms with Crippen LogP contribution in [-0.4, -0.2) is 22.5 Å². The van der Waals surface area contributed by atoms with E-state index >= 15 is 0 Å². The van der Waals surface area contributed by atoms with E-state index in [0.29, 0.717) is 18.5 Å². The first-order valence-electron chi connectivity index (χ1n) is 6.76. The number of carbonyl (C=O) groups is 1. The van der Waals surface area contributed by atoms with E-state index in [1.165, 1.54) is 0 Å². The summed E-state index contributed by atoms with van der Waals surface area (Å²) in [6.07, 6.45) is 4.18. The molecule has 1 N–H and O–H groups in total. The van der Waals surface area contributed by atoms with Crippen LogP contribution in [0, 0.1) is 0 Å². The second-order valence-electron chi connectivity index (χ2n) is 4.92. The van der Waals surface area contributed by atoms with Crippen molar-refractivity contribution in [2.75, 3.05) is 11.4 Å². The minimum absolute atomic E-state index is 0.0698. The summed E-state index contributed by atoms with van der Waals surface area (Å²) in [4.78, 5) is 18.4. The fourth-order valence-electron chi connectivity index (χ4n) is 2.59. The normalized spacial score (nSPS) is 18.2. The average molecular weight is 268 g/mol. The Hall–Kier alpha value is -2.20. The number of hydrogen-bond acceptors (Lipinski definition) is 3. The van der Waals surface area contributed by atoms with Crippen molar-refractivity contribution in [3.05, 3.63) is 59.9 Å². The van der Waals surface area contributed by atoms with Crippen LogP contribution in [0.2, 0.25) is 0 Å². The molecule has 1 aromatic carbocycles. The zero-order valence-corrected chi connectivity index (χ0v) is 11.1. The summed E-state index contributed by atoms with van der Waals surface area (Å²) in [5.41, 5.74) is 2.19. The number of pyridine rings is 1. The summed E-state index contributed by atoms with van der Waals surface area (Å²) in [7, 11) is 0. The first-order chi connectivity index (χ1) is 9.77. The Balaban J connectivity index is 2.01. The highest BCUT2D eigenvalue weighted by atomic mass is 16.3. The van der Waals surface area contributed by atoms with Crippen LogP contribution in [0.25, 0.3) is 0 Å². The molecule has 1 amide bonds. The molecule has 0 fully saturated rings. The molecule has 0 saturated carbocycles. The van der Waals surface area contributed by atoms with Crippen molar-refractivity contribution in [3.8, 4) is 0 Å². The standard InChI is InChI=1S/C16H16N2O2/c19-15-8-4-10-18(14-7-2-1-6-13(14)15)16(20)12-5-3-9-17-11-12/h1-3,5-7,9,11,15,19H,4,8,10H2. The highest BCUT2D eigenvalue weighted by Crippen LogP contribution is 2.33. The summed E-state index contributed by atoms with van der Waals surface area (Å²) in [5, 5.41) is 10.2. The smallest absolute Gasteiger partial charge is 0.259 e. The van der Waals surface area contributed by atoms with Gasteiger partial charge in [0.1, 0.15) is 0 Å². The SMILES string of the molecule is O=C(c1cccnc1)N1CCCC(O)c2ccccc21. The molecule has 1 aliphatic rings. The number of anilines is 1. The lowest BCUT2D eigenvalue weighted by molar-refractivity contribution is 0.0986. The van der Waals surface area contributed by atoms with Crippen LogP contribution in [0.15, 0.2) is 48.8 Å². The Morgan fingerprint density at radius 3 is 2.90 bits per heavy atom. The lowest BCUT2D eigenvalue weighted by atomic mass is 10.0. The Labute approximate surface area is 117 Å². The Morgan fingerprint density at radius 2 is 2.10 bits per heavy atom. The number of rotatable bonds is 1. The van der Waals surface area contributed by atoms with Crippen molar-refractivity contribution in [1.29, 1.82) is 0 Å². The van der Waals surface area contributed by atoms with Gasteiger partial charge in [-0.1, -0.05) is 18.2 Å². The van der Waals surface area contributed by atoms with Crippen molar-refractivity contribution in [2.24, 2.45) is 0 Å². The van der Waals surface area contributed by atoms with Crippen LogP contribution < -0.4 is 4.90 Å². The molecule has 4 heteroatoms. The predicted octanol–water partition coefficient (Wildman–Crippen LogP) is 2.56. The maximum atomic E-state index is 12.6. The number of fused-ring (bicyclic) bond motifs is 1. The maximum absolute atomic E-state index is 12.6. The quantitative estimate of drug-likeness (QED) is 0.864. The minimum Gasteiger partial charge on any atom is -0.388 e. The highest BCUT2D eigenvalue weighted by molar-refractivity contribution is 6.06. The van der Waals surface area contributed by atoms with Gasteiger partial charge in [-0.3, -0.25) is 9.78 Å². The van der Waals surface area contributed by atoms with E-state index in [-0.39, 0.29) is 5.91 Å². The van der Waals surface area contributed by atoms with Gasteiger partial charge in [-0.15, -0.1) is 0 Å². The predicted molar refractivity (Wildman–Crippen MR) is 76.5 cm³/mol. The van der Waals surface area contributed by atoms with Gasteiger partial charge in [-0.05, 0) is 31.0 Å². The molecule has 102 valence electrons. The molecule has 3 rings (SSSR count). The summed E-state index contributed by atoms with van der Waals surface area (Å²) in [6.45, 7) is 0.613. The first-order valence-corrected chi connectivity index (χ1v) is 6.76. The van der Waals surface area contributed by atoms with Gasteiger partial charge in [-0.25, -0.2) is 0 Å². The van der Waals surface area contributed by atoms with Crippen molar-refractivity contribution >= 4 is 11.6 Å². The zero-order chi connectivity index (χ0) is 13.9. The number of aromatic nitrogens is 1. The lowest BCUT2D eigenvalue weighted by Gasteiger charge is -2.23. The molecule has 20 heavy (non-hydrogen) atoms. The summed E-state index contributed by atoms with van der Waals surface area (Å²) >= 11 is 0.